The van der Waals surface area contributed by atoms with E-state index in [1.165, 1.54) is 6.42 Å². The van der Waals surface area contributed by atoms with Crippen LogP contribution < -0.4 is 10.2 Å². The molecule has 1 aromatic heterocycles. The Morgan fingerprint density at radius 2 is 2.35 bits per heavy atom. The van der Waals surface area contributed by atoms with Crippen LogP contribution in [0.2, 0.25) is 0 Å². The molecule has 2 heterocycles. The quantitative estimate of drug-likeness (QED) is 0.817. The number of nitriles is 1. The Morgan fingerprint density at radius 3 is 3.00 bits per heavy atom. The van der Waals surface area contributed by atoms with Crippen molar-refractivity contribution in [2.75, 3.05) is 25.0 Å². The number of nitrogens with one attached hydrogen (secondary N) is 1. The molecule has 1 saturated heterocycles. The van der Waals surface area contributed by atoms with E-state index in [-0.39, 0.29) is 0 Å². The molecule has 0 amide bonds. The summed E-state index contributed by atoms with van der Waals surface area (Å²) in [6.45, 7) is 3.93. The highest BCUT2D eigenvalue weighted by atomic mass is 15.3. The van der Waals surface area contributed by atoms with Crippen LogP contribution in [0.25, 0.3) is 0 Å². The molecular formula is C12H17N5. The maximum Gasteiger partial charge on any atom is 0.226 e. The summed E-state index contributed by atoms with van der Waals surface area (Å²) in [6, 6.07) is 4.19. The van der Waals surface area contributed by atoms with Gasteiger partial charge in [0, 0.05) is 25.3 Å². The molecule has 1 atom stereocenters. The number of piperidine rings is 1. The first-order chi connectivity index (χ1) is 8.20. The van der Waals surface area contributed by atoms with E-state index in [0.29, 0.717) is 17.7 Å². The molecule has 17 heavy (non-hydrogen) atoms. The van der Waals surface area contributed by atoms with Crippen LogP contribution in [-0.2, 0) is 0 Å². The first-order valence-corrected chi connectivity index (χ1v) is 5.90. The molecule has 1 aliphatic heterocycles. The van der Waals surface area contributed by atoms with E-state index in [2.05, 4.69) is 26.3 Å². The van der Waals surface area contributed by atoms with Gasteiger partial charge in [-0.2, -0.15) is 5.26 Å². The first kappa shape index (κ1) is 11.8. The molecular weight excluding hydrogens is 214 g/mol. The van der Waals surface area contributed by atoms with E-state index in [0.717, 1.165) is 25.2 Å². The van der Waals surface area contributed by atoms with Gasteiger partial charge in [-0.05, 0) is 32.4 Å². The third kappa shape index (κ3) is 2.71. The highest BCUT2D eigenvalue weighted by molar-refractivity contribution is 5.36. The maximum atomic E-state index is 8.91. The molecule has 0 spiro atoms. The number of anilines is 1. The number of likely N-dealkylation sites (N-methyl/N-ethyl adjacent to an activating group) is 1. The van der Waals surface area contributed by atoms with E-state index in [4.69, 9.17) is 5.26 Å². The molecule has 5 heteroatoms. The number of aromatic nitrogens is 2. The molecule has 2 rings (SSSR count). The minimum absolute atomic E-state index is 0.414. The lowest BCUT2D eigenvalue weighted by Gasteiger charge is -2.31. The highest BCUT2D eigenvalue weighted by Gasteiger charge is 2.20. The smallest absolute Gasteiger partial charge is 0.226 e. The van der Waals surface area contributed by atoms with Gasteiger partial charge in [0.2, 0.25) is 5.95 Å². The fraction of sp³-hybridized carbons (Fsp3) is 0.583. The van der Waals surface area contributed by atoms with Crippen molar-refractivity contribution in [2.45, 2.75) is 25.8 Å². The van der Waals surface area contributed by atoms with Gasteiger partial charge in [0.1, 0.15) is 11.8 Å². The zero-order valence-electron chi connectivity index (χ0n) is 10.3. The predicted octanol–water partition coefficient (Wildman–Crippen LogP) is 0.845. The Kier molecular flexibility index (Phi) is 3.55. The number of aryl methyl sites for hydroxylation is 1. The van der Waals surface area contributed by atoms with E-state index in [9.17, 15) is 0 Å². The molecule has 1 unspecified atom stereocenters. The van der Waals surface area contributed by atoms with Crippen molar-refractivity contribution in [3.8, 4) is 6.07 Å². The van der Waals surface area contributed by atoms with Crippen LogP contribution >= 0.6 is 0 Å². The minimum Gasteiger partial charge on any atom is -0.340 e. The normalized spacial score (nSPS) is 19.7. The van der Waals surface area contributed by atoms with Gasteiger partial charge < -0.3 is 10.2 Å². The van der Waals surface area contributed by atoms with E-state index < -0.39 is 0 Å². The summed E-state index contributed by atoms with van der Waals surface area (Å²) < 4.78 is 0. The molecule has 1 aliphatic rings. The number of hydrogen-bond acceptors (Lipinski definition) is 5. The molecule has 0 saturated carbocycles. The zero-order valence-corrected chi connectivity index (χ0v) is 10.3. The standard InChI is InChI=1S/C12H17N5/c1-9-6-10(7-13)16-12(15-9)17(2)11-4-3-5-14-8-11/h6,11,14H,3-5,8H2,1-2H3. The molecule has 1 aromatic rings. The Bertz CT molecular complexity index is 431. The SMILES string of the molecule is Cc1cc(C#N)nc(N(C)C2CCCNC2)n1. The van der Waals surface area contributed by atoms with E-state index in [1.807, 2.05) is 14.0 Å². The van der Waals surface area contributed by atoms with Gasteiger partial charge >= 0.3 is 0 Å². The molecule has 0 radical (unpaired) electrons. The highest BCUT2D eigenvalue weighted by Crippen LogP contribution is 2.15. The van der Waals surface area contributed by atoms with E-state index >= 15 is 0 Å². The van der Waals surface area contributed by atoms with Crippen LogP contribution in [0.4, 0.5) is 5.95 Å². The third-order valence-electron chi connectivity index (χ3n) is 3.09. The second kappa shape index (κ2) is 5.11. The summed E-state index contributed by atoms with van der Waals surface area (Å²) in [5.41, 5.74) is 1.27. The summed E-state index contributed by atoms with van der Waals surface area (Å²) in [7, 11) is 1.99. The lowest BCUT2D eigenvalue weighted by atomic mass is 10.1. The van der Waals surface area contributed by atoms with Crippen LogP contribution in [0.15, 0.2) is 6.07 Å². The van der Waals surface area contributed by atoms with Crippen LogP contribution in [0.5, 0.6) is 0 Å². The van der Waals surface area contributed by atoms with Crippen molar-refractivity contribution >= 4 is 5.95 Å². The lowest BCUT2D eigenvalue weighted by molar-refractivity contribution is 0.441. The van der Waals surface area contributed by atoms with Crippen molar-refractivity contribution in [1.82, 2.24) is 15.3 Å². The molecule has 1 N–H and O–H groups in total. The monoisotopic (exact) mass is 231 g/mol. The first-order valence-electron chi connectivity index (χ1n) is 5.90. The summed E-state index contributed by atoms with van der Waals surface area (Å²) in [5.74, 6) is 0.648. The molecule has 5 nitrogen and oxygen atoms in total. The van der Waals surface area contributed by atoms with Crippen LogP contribution in [0, 0.1) is 18.3 Å². The molecule has 0 aliphatic carbocycles. The average Bonchev–Trinajstić information content (AvgIpc) is 2.38. The van der Waals surface area contributed by atoms with E-state index in [1.54, 1.807) is 6.07 Å². The molecule has 0 aromatic carbocycles. The third-order valence-corrected chi connectivity index (χ3v) is 3.09. The Balaban J connectivity index is 2.20. The second-order valence-electron chi connectivity index (χ2n) is 4.42. The molecule has 0 bridgehead atoms. The Labute approximate surface area is 101 Å². The maximum absolute atomic E-state index is 8.91. The molecule has 90 valence electrons. The lowest BCUT2D eigenvalue weighted by Crippen LogP contribution is -2.45. The minimum atomic E-state index is 0.414. The van der Waals surface area contributed by atoms with Gasteiger partial charge in [-0.15, -0.1) is 0 Å². The van der Waals surface area contributed by atoms with Gasteiger partial charge in [0.25, 0.3) is 0 Å². The van der Waals surface area contributed by atoms with Crippen molar-refractivity contribution < 1.29 is 0 Å². The second-order valence-corrected chi connectivity index (χ2v) is 4.42. The largest absolute Gasteiger partial charge is 0.340 e. The Hall–Kier alpha value is -1.67. The zero-order chi connectivity index (χ0) is 12.3. The average molecular weight is 231 g/mol. The fourth-order valence-electron chi connectivity index (χ4n) is 2.10. The number of nitrogens with zero attached hydrogens (tertiary/aromatic N) is 4. The van der Waals surface area contributed by atoms with Crippen molar-refractivity contribution in [3.05, 3.63) is 17.5 Å². The van der Waals surface area contributed by atoms with Gasteiger partial charge in [-0.3, -0.25) is 0 Å². The molecule has 1 fully saturated rings. The van der Waals surface area contributed by atoms with Crippen molar-refractivity contribution in [2.24, 2.45) is 0 Å². The van der Waals surface area contributed by atoms with Gasteiger partial charge in [-0.1, -0.05) is 0 Å². The summed E-state index contributed by atoms with van der Waals surface area (Å²) in [5, 5.41) is 12.3. The van der Waals surface area contributed by atoms with Gasteiger partial charge in [0.05, 0.1) is 0 Å². The van der Waals surface area contributed by atoms with Crippen molar-refractivity contribution in [1.29, 1.82) is 5.26 Å². The number of rotatable bonds is 2. The van der Waals surface area contributed by atoms with Crippen LogP contribution in [0.1, 0.15) is 24.2 Å². The van der Waals surface area contributed by atoms with Crippen LogP contribution in [0.3, 0.4) is 0 Å². The number of hydrogen-bond donors (Lipinski definition) is 1. The van der Waals surface area contributed by atoms with Crippen molar-refractivity contribution in [3.63, 3.8) is 0 Å². The Morgan fingerprint density at radius 1 is 1.53 bits per heavy atom. The summed E-state index contributed by atoms with van der Waals surface area (Å²) >= 11 is 0. The summed E-state index contributed by atoms with van der Waals surface area (Å²) in [6.07, 6.45) is 2.31. The fourth-order valence-corrected chi connectivity index (χ4v) is 2.10. The van der Waals surface area contributed by atoms with Gasteiger partial charge in [-0.25, -0.2) is 9.97 Å². The predicted molar refractivity (Wildman–Crippen MR) is 65.8 cm³/mol. The van der Waals surface area contributed by atoms with Crippen LogP contribution in [-0.4, -0.2) is 36.1 Å². The van der Waals surface area contributed by atoms with Gasteiger partial charge in [0.15, 0.2) is 0 Å². The topological polar surface area (TPSA) is 64.8 Å². The summed E-state index contributed by atoms with van der Waals surface area (Å²) in [4.78, 5) is 10.7.